The van der Waals surface area contributed by atoms with Crippen molar-refractivity contribution in [3.05, 3.63) is 12.7 Å². The molecule has 1 N–H and O–H groups in total. The number of aromatic nitrogens is 3. The van der Waals surface area contributed by atoms with Crippen molar-refractivity contribution >= 4 is 5.96 Å². The second kappa shape index (κ2) is 7.58. The maximum atomic E-state index is 4.44. The number of piperidine rings is 1. The van der Waals surface area contributed by atoms with E-state index in [1.165, 1.54) is 38.8 Å². The molecule has 122 valence electrons. The van der Waals surface area contributed by atoms with Crippen molar-refractivity contribution < 1.29 is 0 Å². The Morgan fingerprint density at radius 1 is 1.27 bits per heavy atom. The van der Waals surface area contributed by atoms with Crippen molar-refractivity contribution in [2.45, 2.75) is 38.3 Å². The lowest BCUT2D eigenvalue weighted by Gasteiger charge is -2.32. The highest BCUT2D eigenvalue weighted by atomic mass is 15.4. The van der Waals surface area contributed by atoms with E-state index in [1.54, 1.807) is 12.7 Å². The summed E-state index contributed by atoms with van der Waals surface area (Å²) in [5, 5.41) is 7.56. The molecule has 7 heteroatoms. The SMILES string of the molecule is CN=C(NCCn1cncn1)N1CCC(N2CCCCC2)C1. The van der Waals surface area contributed by atoms with Crippen molar-refractivity contribution in [3.63, 3.8) is 0 Å². The zero-order chi connectivity index (χ0) is 15.2. The number of hydrogen-bond donors (Lipinski definition) is 1. The average Bonchev–Trinajstić information content (AvgIpc) is 3.24. The van der Waals surface area contributed by atoms with E-state index in [2.05, 4.69) is 30.2 Å². The summed E-state index contributed by atoms with van der Waals surface area (Å²) < 4.78 is 1.83. The van der Waals surface area contributed by atoms with Crippen molar-refractivity contribution in [3.8, 4) is 0 Å². The fraction of sp³-hybridized carbons (Fsp3) is 0.800. The molecule has 1 unspecified atom stereocenters. The molecular formula is C15H27N7. The smallest absolute Gasteiger partial charge is 0.193 e. The highest BCUT2D eigenvalue weighted by molar-refractivity contribution is 5.80. The van der Waals surface area contributed by atoms with Gasteiger partial charge in [-0.25, -0.2) is 4.98 Å². The summed E-state index contributed by atoms with van der Waals surface area (Å²) in [5.41, 5.74) is 0. The molecule has 0 amide bonds. The summed E-state index contributed by atoms with van der Waals surface area (Å²) in [5.74, 6) is 1.01. The minimum absolute atomic E-state index is 0.703. The van der Waals surface area contributed by atoms with E-state index in [0.29, 0.717) is 6.04 Å². The molecule has 1 atom stereocenters. The Labute approximate surface area is 132 Å². The number of likely N-dealkylation sites (tertiary alicyclic amines) is 2. The van der Waals surface area contributed by atoms with Crippen LogP contribution in [0, 0.1) is 0 Å². The molecule has 1 aromatic heterocycles. The van der Waals surface area contributed by atoms with Crippen molar-refractivity contribution in [2.75, 3.05) is 39.8 Å². The van der Waals surface area contributed by atoms with Gasteiger partial charge in [-0.1, -0.05) is 6.42 Å². The maximum Gasteiger partial charge on any atom is 0.193 e. The van der Waals surface area contributed by atoms with E-state index in [0.717, 1.165) is 32.1 Å². The average molecular weight is 305 g/mol. The van der Waals surface area contributed by atoms with Gasteiger partial charge in [0.25, 0.3) is 0 Å². The fourth-order valence-corrected chi connectivity index (χ4v) is 3.48. The molecular weight excluding hydrogens is 278 g/mol. The fourth-order valence-electron chi connectivity index (χ4n) is 3.48. The molecule has 7 nitrogen and oxygen atoms in total. The van der Waals surface area contributed by atoms with E-state index < -0.39 is 0 Å². The van der Waals surface area contributed by atoms with Gasteiger partial charge < -0.3 is 10.2 Å². The van der Waals surface area contributed by atoms with E-state index in [-0.39, 0.29) is 0 Å². The van der Waals surface area contributed by atoms with Gasteiger partial charge in [0.15, 0.2) is 5.96 Å². The van der Waals surface area contributed by atoms with Crippen molar-refractivity contribution in [2.24, 2.45) is 4.99 Å². The molecule has 0 aliphatic carbocycles. The van der Waals surface area contributed by atoms with Crippen molar-refractivity contribution in [1.29, 1.82) is 0 Å². The summed E-state index contributed by atoms with van der Waals surface area (Å²) in [6.45, 7) is 6.38. The van der Waals surface area contributed by atoms with E-state index in [1.807, 2.05) is 11.7 Å². The summed E-state index contributed by atoms with van der Waals surface area (Å²) in [7, 11) is 1.87. The van der Waals surface area contributed by atoms with Crippen LogP contribution in [0.3, 0.4) is 0 Å². The topological polar surface area (TPSA) is 61.6 Å². The van der Waals surface area contributed by atoms with Gasteiger partial charge in [0.05, 0.1) is 6.54 Å². The highest BCUT2D eigenvalue weighted by Crippen LogP contribution is 2.20. The van der Waals surface area contributed by atoms with Crippen LogP contribution < -0.4 is 5.32 Å². The van der Waals surface area contributed by atoms with Gasteiger partial charge >= 0.3 is 0 Å². The Morgan fingerprint density at radius 2 is 2.14 bits per heavy atom. The molecule has 3 heterocycles. The Morgan fingerprint density at radius 3 is 2.86 bits per heavy atom. The largest absolute Gasteiger partial charge is 0.354 e. The Hall–Kier alpha value is -1.63. The molecule has 0 radical (unpaired) electrons. The van der Waals surface area contributed by atoms with Crippen LogP contribution in [0.5, 0.6) is 0 Å². The maximum absolute atomic E-state index is 4.44. The Balaban J connectivity index is 1.45. The van der Waals surface area contributed by atoms with Crippen LogP contribution in [0.1, 0.15) is 25.7 Å². The molecule has 2 aliphatic rings. The summed E-state index contributed by atoms with van der Waals surface area (Å²) >= 11 is 0. The normalized spacial score (nSPS) is 24.0. The minimum Gasteiger partial charge on any atom is -0.354 e. The van der Waals surface area contributed by atoms with Crippen molar-refractivity contribution in [1.82, 2.24) is 29.9 Å². The molecule has 3 rings (SSSR count). The number of guanidine groups is 1. The predicted molar refractivity (Wildman–Crippen MR) is 86.8 cm³/mol. The standard InChI is InChI=1S/C15H27N7/c1-16-15(18-6-10-22-13-17-12-19-22)21-9-5-14(11-21)20-7-3-2-4-8-20/h12-14H,2-11H2,1H3,(H,16,18). The molecule has 0 bridgehead atoms. The number of aliphatic imine (C=N–C) groups is 1. The van der Waals surface area contributed by atoms with Gasteiger partial charge in [-0.15, -0.1) is 0 Å². The monoisotopic (exact) mass is 305 g/mol. The molecule has 2 aliphatic heterocycles. The summed E-state index contributed by atoms with van der Waals surface area (Å²) in [6.07, 6.45) is 8.69. The summed E-state index contributed by atoms with van der Waals surface area (Å²) in [6, 6.07) is 0.703. The van der Waals surface area contributed by atoms with Crippen LogP contribution in [0.15, 0.2) is 17.6 Å². The second-order valence-electron chi connectivity index (χ2n) is 6.12. The van der Waals surface area contributed by atoms with E-state index in [9.17, 15) is 0 Å². The molecule has 0 saturated carbocycles. The highest BCUT2D eigenvalue weighted by Gasteiger charge is 2.29. The third-order valence-electron chi connectivity index (χ3n) is 4.67. The quantitative estimate of drug-likeness (QED) is 0.645. The summed E-state index contributed by atoms with van der Waals surface area (Å²) in [4.78, 5) is 13.5. The first-order chi connectivity index (χ1) is 10.9. The molecule has 22 heavy (non-hydrogen) atoms. The number of nitrogens with zero attached hydrogens (tertiary/aromatic N) is 6. The van der Waals surface area contributed by atoms with Crippen LogP contribution in [0.2, 0.25) is 0 Å². The molecule has 2 saturated heterocycles. The lowest BCUT2D eigenvalue weighted by atomic mass is 10.1. The molecule has 0 aromatic carbocycles. The lowest BCUT2D eigenvalue weighted by Crippen LogP contribution is -2.45. The minimum atomic E-state index is 0.703. The zero-order valence-electron chi connectivity index (χ0n) is 13.5. The molecule has 0 spiro atoms. The third kappa shape index (κ3) is 3.76. The first kappa shape index (κ1) is 15.3. The van der Waals surface area contributed by atoms with Gasteiger partial charge in [-0.2, -0.15) is 5.10 Å². The van der Waals surface area contributed by atoms with Crippen LogP contribution in [0.25, 0.3) is 0 Å². The predicted octanol–water partition coefficient (Wildman–Crippen LogP) is 0.414. The van der Waals surface area contributed by atoms with Crippen LogP contribution in [-0.4, -0.2) is 76.3 Å². The van der Waals surface area contributed by atoms with Crippen LogP contribution in [-0.2, 0) is 6.54 Å². The van der Waals surface area contributed by atoms with Crippen LogP contribution >= 0.6 is 0 Å². The van der Waals surface area contributed by atoms with E-state index >= 15 is 0 Å². The van der Waals surface area contributed by atoms with Gasteiger partial charge in [-0.3, -0.25) is 14.6 Å². The first-order valence-corrected chi connectivity index (χ1v) is 8.39. The van der Waals surface area contributed by atoms with Gasteiger partial charge in [0, 0.05) is 32.7 Å². The van der Waals surface area contributed by atoms with Crippen LogP contribution in [0.4, 0.5) is 0 Å². The second-order valence-corrected chi connectivity index (χ2v) is 6.12. The number of rotatable bonds is 4. The third-order valence-corrected chi connectivity index (χ3v) is 4.67. The first-order valence-electron chi connectivity index (χ1n) is 8.39. The lowest BCUT2D eigenvalue weighted by molar-refractivity contribution is 0.168. The number of hydrogen-bond acceptors (Lipinski definition) is 4. The van der Waals surface area contributed by atoms with E-state index in [4.69, 9.17) is 0 Å². The van der Waals surface area contributed by atoms with Gasteiger partial charge in [-0.05, 0) is 32.4 Å². The zero-order valence-corrected chi connectivity index (χ0v) is 13.5. The molecule has 2 fully saturated rings. The van der Waals surface area contributed by atoms with Gasteiger partial charge in [0.1, 0.15) is 12.7 Å². The van der Waals surface area contributed by atoms with Gasteiger partial charge in [0.2, 0.25) is 0 Å². The Bertz CT molecular complexity index is 464. The molecule has 1 aromatic rings. The number of nitrogens with one attached hydrogen (secondary N) is 1. The Kier molecular flexibility index (Phi) is 5.26.